The summed E-state index contributed by atoms with van der Waals surface area (Å²) in [5, 5.41) is 0. The fourth-order valence-corrected chi connectivity index (χ4v) is 4.41. The largest absolute Gasteiger partial charge is 0.373 e. The Kier molecular flexibility index (Phi) is 6.16. The third-order valence-electron chi connectivity index (χ3n) is 5.79. The second-order valence-corrected chi connectivity index (χ2v) is 8.26. The Bertz CT molecular complexity index is 791. The van der Waals surface area contributed by atoms with Gasteiger partial charge in [-0.1, -0.05) is 30.3 Å². The average Bonchev–Trinajstić information content (AvgIpc) is 2.74. The second kappa shape index (κ2) is 8.97. The zero-order valence-corrected chi connectivity index (χ0v) is 17.5. The van der Waals surface area contributed by atoms with Gasteiger partial charge in [-0.15, -0.1) is 0 Å². The first-order valence-corrected chi connectivity index (χ1v) is 10.6. The van der Waals surface area contributed by atoms with Crippen LogP contribution >= 0.6 is 0 Å². The van der Waals surface area contributed by atoms with E-state index in [1.54, 1.807) is 0 Å². The number of carbonyl (C=O) groups excluding carboxylic acids is 1. The van der Waals surface area contributed by atoms with Gasteiger partial charge in [0.1, 0.15) is 0 Å². The molecule has 2 heterocycles. The summed E-state index contributed by atoms with van der Waals surface area (Å²) in [7, 11) is 0. The van der Waals surface area contributed by atoms with Crippen molar-refractivity contribution in [3.05, 3.63) is 65.7 Å². The minimum absolute atomic E-state index is 0.137. The predicted molar refractivity (Wildman–Crippen MR) is 116 cm³/mol. The maximum atomic E-state index is 12.9. The molecule has 1 amide bonds. The number of piperazine rings is 1. The van der Waals surface area contributed by atoms with Crippen LogP contribution in [0, 0.1) is 0 Å². The highest BCUT2D eigenvalue weighted by Gasteiger charge is 2.24. The van der Waals surface area contributed by atoms with E-state index in [1.165, 1.54) is 11.3 Å². The van der Waals surface area contributed by atoms with E-state index in [0.717, 1.165) is 51.4 Å². The van der Waals surface area contributed by atoms with Gasteiger partial charge in [-0.05, 0) is 43.7 Å². The van der Waals surface area contributed by atoms with E-state index < -0.39 is 0 Å². The summed E-state index contributed by atoms with van der Waals surface area (Å²) >= 11 is 0. The van der Waals surface area contributed by atoms with Gasteiger partial charge in [0.15, 0.2) is 0 Å². The summed E-state index contributed by atoms with van der Waals surface area (Å²) < 4.78 is 5.81. The highest BCUT2D eigenvalue weighted by Crippen LogP contribution is 2.18. The van der Waals surface area contributed by atoms with E-state index >= 15 is 0 Å². The van der Waals surface area contributed by atoms with Gasteiger partial charge in [0, 0.05) is 57.1 Å². The smallest absolute Gasteiger partial charge is 0.253 e. The molecule has 2 fully saturated rings. The van der Waals surface area contributed by atoms with E-state index in [1.807, 2.05) is 23.1 Å². The van der Waals surface area contributed by atoms with Gasteiger partial charge in [0.05, 0.1) is 12.2 Å². The molecule has 154 valence electrons. The maximum Gasteiger partial charge on any atom is 0.253 e. The Hall–Kier alpha value is -2.37. The number of rotatable bonds is 4. The minimum atomic E-state index is 0.137. The summed E-state index contributed by atoms with van der Waals surface area (Å²) in [5.41, 5.74) is 3.26. The number of para-hydroxylation sites is 1. The zero-order chi connectivity index (χ0) is 20.2. The molecule has 2 aliphatic heterocycles. The second-order valence-electron chi connectivity index (χ2n) is 8.26. The number of hydrogen-bond donors (Lipinski definition) is 0. The van der Waals surface area contributed by atoms with Gasteiger partial charge in [-0.2, -0.15) is 0 Å². The van der Waals surface area contributed by atoms with Crippen LogP contribution in [0.15, 0.2) is 54.6 Å². The molecule has 2 aliphatic rings. The van der Waals surface area contributed by atoms with Crippen LogP contribution in [-0.4, -0.2) is 67.2 Å². The molecule has 0 radical (unpaired) electrons. The lowest BCUT2D eigenvalue weighted by Gasteiger charge is -2.36. The van der Waals surface area contributed by atoms with Gasteiger partial charge in [-0.25, -0.2) is 0 Å². The number of benzene rings is 2. The van der Waals surface area contributed by atoms with Crippen molar-refractivity contribution in [2.45, 2.75) is 32.6 Å². The molecule has 2 aromatic carbocycles. The molecule has 2 saturated heterocycles. The number of hydrogen-bond acceptors (Lipinski definition) is 4. The quantitative estimate of drug-likeness (QED) is 0.799. The third kappa shape index (κ3) is 4.98. The molecule has 0 saturated carbocycles. The molecule has 5 nitrogen and oxygen atoms in total. The maximum absolute atomic E-state index is 12.9. The van der Waals surface area contributed by atoms with Crippen molar-refractivity contribution >= 4 is 11.6 Å². The SMILES string of the molecule is C[C@H]1CN(Cc2ccc(C(=O)N3CCN(c4ccccc4)CC3)cc2)C[C@H](C)O1. The van der Waals surface area contributed by atoms with E-state index in [9.17, 15) is 4.79 Å². The van der Waals surface area contributed by atoms with E-state index in [-0.39, 0.29) is 18.1 Å². The predicted octanol–water partition coefficient (Wildman–Crippen LogP) is 3.26. The van der Waals surface area contributed by atoms with Crippen molar-refractivity contribution in [3.63, 3.8) is 0 Å². The molecule has 0 spiro atoms. The molecule has 2 atom stereocenters. The minimum Gasteiger partial charge on any atom is -0.373 e. The molecular formula is C24H31N3O2. The van der Waals surface area contributed by atoms with Crippen LogP contribution in [0.4, 0.5) is 5.69 Å². The lowest BCUT2D eigenvalue weighted by Crippen LogP contribution is -2.48. The molecule has 0 unspecified atom stereocenters. The summed E-state index contributed by atoms with van der Waals surface area (Å²) in [4.78, 5) is 19.7. The van der Waals surface area contributed by atoms with Crippen LogP contribution < -0.4 is 4.90 Å². The first-order valence-electron chi connectivity index (χ1n) is 10.6. The number of nitrogens with zero attached hydrogens (tertiary/aromatic N) is 3. The van der Waals surface area contributed by atoms with Crippen LogP contribution in [0.1, 0.15) is 29.8 Å². The third-order valence-corrected chi connectivity index (χ3v) is 5.79. The van der Waals surface area contributed by atoms with Crippen molar-refractivity contribution < 1.29 is 9.53 Å². The van der Waals surface area contributed by atoms with Gasteiger partial charge in [-0.3, -0.25) is 9.69 Å². The van der Waals surface area contributed by atoms with E-state index in [4.69, 9.17) is 4.74 Å². The highest BCUT2D eigenvalue weighted by molar-refractivity contribution is 5.94. The number of carbonyl (C=O) groups is 1. The molecular weight excluding hydrogens is 362 g/mol. The summed E-state index contributed by atoms with van der Waals surface area (Å²) in [5.74, 6) is 0.137. The summed E-state index contributed by atoms with van der Waals surface area (Å²) in [6.07, 6.45) is 0.545. The lowest BCUT2D eigenvalue weighted by molar-refractivity contribution is -0.0704. The Balaban J connectivity index is 1.31. The molecule has 2 aromatic rings. The molecule has 0 N–H and O–H groups in total. The number of ether oxygens (including phenoxy) is 1. The van der Waals surface area contributed by atoms with Crippen LogP contribution in [0.5, 0.6) is 0 Å². The molecule has 0 aliphatic carbocycles. The van der Waals surface area contributed by atoms with Gasteiger partial charge in [0.25, 0.3) is 5.91 Å². The number of morpholine rings is 1. The lowest BCUT2D eigenvalue weighted by atomic mass is 10.1. The number of anilines is 1. The van der Waals surface area contributed by atoms with Gasteiger partial charge in [0.2, 0.25) is 0 Å². The molecule has 0 aromatic heterocycles. The highest BCUT2D eigenvalue weighted by atomic mass is 16.5. The number of amides is 1. The van der Waals surface area contributed by atoms with Crippen molar-refractivity contribution in [3.8, 4) is 0 Å². The molecule has 0 bridgehead atoms. The zero-order valence-electron chi connectivity index (χ0n) is 17.5. The summed E-state index contributed by atoms with van der Waals surface area (Å²) in [6.45, 7) is 10.3. The Labute approximate surface area is 173 Å². The fourth-order valence-electron chi connectivity index (χ4n) is 4.41. The van der Waals surface area contributed by atoms with Gasteiger partial charge >= 0.3 is 0 Å². The average molecular weight is 394 g/mol. The fraction of sp³-hybridized carbons (Fsp3) is 0.458. The van der Waals surface area contributed by atoms with Crippen molar-refractivity contribution in [1.82, 2.24) is 9.80 Å². The molecule has 5 heteroatoms. The standard InChI is InChI=1S/C24H31N3O2/c1-19-16-25(17-20(2)29-19)18-21-8-10-22(11-9-21)24(28)27-14-12-26(13-15-27)23-6-4-3-5-7-23/h3-11,19-20H,12-18H2,1-2H3/t19-,20-/m0/s1. The van der Waals surface area contributed by atoms with Crippen molar-refractivity contribution in [1.29, 1.82) is 0 Å². The van der Waals surface area contributed by atoms with Crippen LogP contribution in [0.3, 0.4) is 0 Å². The Morgan fingerprint density at radius 2 is 1.52 bits per heavy atom. The Morgan fingerprint density at radius 3 is 2.14 bits per heavy atom. The van der Waals surface area contributed by atoms with Crippen LogP contribution in [0.2, 0.25) is 0 Å². The molecule has 29 heavy (non-hydrogen) atoms. The summed E-state index contributed by atoms with van der Waals surface area (Å²) in [6, 6.07) is 18.6. The van der Waals surface area contributed by atoms with Crippen molar-refractivity contribution in [2.24, 2.45) is 0 Å². The van der Waals surface area contributed by atoms with E-state index in [2.05, 4.69) is 60.0 Å². The van der Waals surface area contributed by atoms with Gasteiger partial charge < -0.3 is 14.5 Å². The van der Waals surface area contributed by atoms with E-state index in [0.29, 0.717) is 0 Å². The van der Waals surface area contributed by atoms with Crippen molar-refractivity contribution in [2.75, 3.05) is 44.2 Å². The van der Waals surface area contributed by atoms with Crippen LogP contribution in [0.25, 0.3) is 0 Å². The Morgan fingerprint density at radius 1 is 0.897 bits per heavy atom. The topological polar surface area (TPSA) is 36.0 Å². The van der Waals surface area contributed by atoms with Crippen LogP contribution in [-0.2, 0) is 11.3 Å². The first-order chi connectivity index (χ1) is 14.1. The monoisotopic (exact) mass is 393 g/mol. The molecule has 4 rings (SSSR count). The normalized spacial score (nSPS) is 23.2. The first kappa shape index (κ1) is 19.9.